The average molecular weight is 496 g/mol. The second-order valence-electron chi connectivity index (χ2n) is 8.83. The normalized spacial score (nSPS) is 13.4. The zero-order valence-electron chi connectivity index (χ0n) is 20.4. The highest BCUT2D eigenvalue weighted by Gasteiger charge is 2.17. The zero-order valence-corrected chi connectivity index (χ0v) is 20.4. The zero-order chi connectivity index (χ0) is 25.6. The quantitative estimate of drug-likeness (QED) is 0.357. The molecule has 1 fully saturated rings. The number of aliphatic hydroxyl groups excluding tert-OH is 1. The molecule has 8 nitrogen and oxygen atoms in total. The van der Waals surface area contributed by atoms with Gasteiger partial charge in [0.2, 0.25) is 0 Å². The molecular weight excluding hydrogens is 466 g/mol. The van der Waals surface area contributed by atoms with Crippen LogP contribution in [-0.2, 0) is 17.9 Å². The molecule has 37 heavy (non-hydrogen) atoms. The number of hydrogen-bond acceptors (Lipinski definition) is 7. The standard InChI is InChI=1S/C29H29N5O3/c30-18-20-3-1-6-24(15-20)29(36)31-25-9-7-22(8-10-25)26-17-27(34-11-13-37-14-12-34)33-28(32-26)23-5-2-4-21(16-23)19-35/h1-10,15-17,35H,11-14,18-19,30H2,(H,31,36). The highest BCUT2D eigenvalue weighted by molar-refractivity contribution is 6.04. The summed E-state index contributed by atoms with van der Waals surface area (Å²) >= 11 is 0. The van der Waals surface area contributed by atoms with Gasteiger partial charge < -0.3 is 25.8 Å². The van der Waals surface area contributed by atoms with Crippen molar-refractivity contribution < 1.29 is 14.6 Å². The number of carbonyl (C=O) groups excluding carboxylic acids is 1. The summed E-state index contributed by atoms with van der Waals surface area (Å²) in [4.78, 5) is 24.6. The van der Waals surface area contributed by atoms with E-state index in [1.165, 1.54) is 0 Å². The second-order valence-corrected chi connectivity index (χ2v) is 8.83. The number of ether oxygens (including phenoxy) is 1. The minimum Gasteiger partial charge on any atom is -0.392 e. The van der Waals surface area contributed by atoms with Crippen LogP contribution in [0.15, 0.2) is 78.9 Å². The number of benzene rings is 3. The number of carbonyl (C=O) groups is 1. The van der Waals surface area contributed by atoms with E-state index in [-0.39, 0.29) is 12.5 Å². The molecule has 1 aliphatic heterocycles. The number of aliphatic hydroxyl groups is 1. The molecule has 1 saturated heterocycles. The van der Waals surface area contributed by atoms with Crippen molar-refractivity contribution in [3.8, 4) is 22.6 Å². The van der Waals surface area contributed by atoms with Crippen LogP contribution >= 0.6 is 0 Å². The lowest BCUT2D eigenvalue weighted by atomic mass is 10.1. The minimum atomic E-state index is -0.189. The third kappa shape index (κ3) is 5.83. The second kappa shape index (κ2) is 11.3. The Morgan fingerprint density at radius 3 is 2.43 bits per heavy atom. The maximum atomic E-state index is 12.7. The van der Waals surface area contributed by atoms with Crippen molar-refractivity contribution in [3.05, 3.63) is 95.6 Å². The predicted molar refractivity (Wildman–Crippen MR) is 144 cm³/mol. The van der Waals surface area contributed by atoms with Crippen LogP contribution in [0, 0.1) is 0 Å². The van der Waals surface area contributed by atoms with Crippen molar-refractivity contribution in [2.45, 2.75) is 13.2 Å². The Morgan fingerprint density at radius 2 is 1.68 bits per heavy atom. The Bertz CT molecular complexity index is 1380. The topological polar surface area (TPSA) is 114 Å². The molecule has 5 rings (SSSR count). The summed E-state index contributed by atoms with van der Waals surface area (Å²) in [6.07, 6.45) is 0. The highest BCUT2D eigenvalue weighted by Crippen LogP contribution is 2.28. The number of anilines is 2. The lowest BCUT2D eigenvalue weighted by Gasteiger charge is -2.28. The SMILES string of the molecule is NCc1cccc(C(=O)Nc2ccc(-c3cc(N4CCOCC4)nc(-c4cccc(CO)c4)n3)cc2)c1. The van der Waals surface area contributed by atoms with E-state index in [9.17, 15) is 9.90 Å². The number of aromatic nitrogens is 2. The molecule has 0 spiro atoms. The van der Waals surface area contributed by atoms with Gasteiger partial charge in [-0.2, -0.15) is 0 Å². The smallest absolute Gasteiger partial charge is 0.255 e. The van der Waals surface area contributed by atoms with Crippen molar-refractivity contribution in [2.75, 3.05) is 36.5 Å². The molecule has 188 valence electrons. The number of nitrogens with one attached hydrogen (secondary N) is 1. The molecule has 0 bridgehead atoms. The van der Waals surface area contributed by atoms with Crippen molar-refractivity contribution in [3.63, 3.8) is 0 Å². The van der Waals surface area contributed by atoms with Gasteiger partial charge in [-0.3, -0.25) is 4.79 Å². The third-order valence-corrected chi connectivity index (χ3v) is 6.28. The van der Waals surface area contributed by atoms with E-state index < -0.39 is 0 Å². The van der Waals surface area contributed by atoms with Crippen LogP contribution in [0.25, 0.3) is 22.6 Å². The molecule has 2 heterocycles. The molecule has 0 unspecified atom stereocenters. The summed E-state index contributed by atoms with van der Waals surface area (Å²) < 4.78 is 5.52. The fourth-order valence-electron chi connectivity index (χ4n) is 4.24. The Balaban J connectivity index is 1.44. The Hall–Kier alpha value is -4.11. The van der Waals surface area contributed by atoms with Gasteiger partial charge in [0.15, 0.2) is 5.82 Å². The first-order valence-corrected chi connectivity index (χ1v) is 12.3. The van der Waals surface area contributed by atoms with Crippen molar-refractivity contribution >= 4 is 17.4 Å². The number of nitrogens with two attached hydrogens (primary N) is 1. The van der Waals surface area contributed by atoms with Crippen molar-refractivity contribution in [2.24, 2.45) is 5.73 Å². The van der Waals surface area contributed by atoms with Gasteiger partial charge in [0.05, 0.1) is 25.5 Å². The van der Waals surface area contributed by atoms with Gasteiger partial charge in [-0.15, -0.1) is 0 Å². The maximum Gasteiger partial charge on any atom is 0.255 e. The molecule has 0 radical (unpaired) electrons. The van der Waals surface area contributed by atoms with E-state index in [4.69, 9.17) is 20.4 Å². The summed E-state index contributed by atoms with van der Waals surface area (Å²) in [6, 6.07) is 24.5. The predicted octanol–water partition coefficient (Wildman–Crippen LogP) is 3.85. The molecule has 1 amide bonds. The van der Waals surface area contributed by atoms with Crippen LogP contribution < -0.4 is 16.0 Å². The molecule has 0 saturated carbocycles. The van der Waals surface area contributed by atoms with Gasteiger partial charge in [0.25, 0.3) is 5.91 Å². The lowest BCUT2D eigenvalue weighted by Crippen LogP contribution is -2.36. The molecule has 4 N–H and O–H groups in total. The fourth-order valence-corrected chi connectivity index (χ4v) is 4.24. The first kappa shape index (κ1) is 24.6. The Kier molecular flexibility index (Phi) is 7.51. The van der Waals surface area contributed by atoms with Gasteiger partial charge in [-0.1, -0.05) is 42.5 Å². The summed E-state index contributed by atoms with van der Waals surface area (Å²) in [5, 5.41) is 12.5. The molecule has 3 aromatic carbocycles. The number of rotatable bonds is 7. The van der Waals surface area contributed by atoms with E-state index in [0.717, 1.165) is 46.9 Å². The van der Waals surface area contributed by atoms with Gasteiger partial charge in [-0.25, -0.2) is 9.97 Å². The molecule has 1 aromatic heterocycles. The Labute approximate surface area is 215 Å². The van der Waals surface area contributed by atoms with Crippen LogP contribution in [0.4, 0.5) is 11.5 Å². The lowest BCUT2D eigenvalue weighted by molar-refractivity contribution is 0.102. The number of hydrogen-bond donors (Lipinski definition) is 3. The minimum absolute atomic E-state index is 0.0481. The maximum absolute atomic E-state index is 12.7. The van der Waals surface area contributed by atoms with E-state index in [1.807, 2.05) is 66.7 Å². The van der Waals surface area contributed by atoms with E-state index in [0.29, 0.717) is 36.8 Å². The van der Waals surface area contributed by atoms with Crippen LogP contribution in [-0.4, -0.2) is 47.3 Å². The summed E-state index contributed by atoms with van der Waals surface area (Å²) in [5.74, 6) is 1.23. The number of nitrogens with zero attached hydrogens (tertiary/aromatic N) is 3. The molecule has 0 atom stereocenters. The first-order valence-electron chi connectivity index (χ1n) is 12.3. The summed E-state index contributed by atoms with van der Waals surface area (Å²) in [5.41, 5.74) is 11.2. The fraction of sp³-hybridized carbons (Fsp3) is 0.207. The number of amides is 1. The number of morpholine rings is 1. The average Bonchev–Trinajstić information content (AvgIpc) is 2.97. The molecule has 1 aliphatic rings. The van der Waals surface area contributed by atoms with E-state index in [1.54, 1.807) is 12.1 Å². The van der Waals surface area contributed by atoms with E-state index in [2.05, 4.69) is 10.2 Å². The Morgan fingerprint density at radius 1 is 0.919 bits per heavy atom. The van der Waals surface area contributed by atoms with Crippen LogP contribution in [0.2, 0.25) is 0 Å². The highest BCUT2D eigenvalue weighted by atomic mass is 16.5. The van der Waals surface area contributed by atoms with Gasteiger partial charge in [0, 0.05) is 48.1 Å². The van der Waals surface area contributed by atoms with Crippen LogP contribution in [0.5, 0.6) is 0 Å². The molecule has 8 heteroatoms. The third-order valence-electron chi connectivity index (χ3n) is 6.28. The summed E-state index contributed by atoms with van der Waals surface area (Å²) in [7, 11) is 0. The largest absolute Gasteiger partial charge is 0.392 e. The first-order chi connectivity index (χ1) is 18.1. The summed E-state index contributed by atoms with van der Waals surface area (Å²) in [6.45, 7) is 3.14. The molecule has 4 aromatic rings. The van der Waals surface area contributed by atoms with E-state index >= 15 is 0 Å². The van der Waals surface area contributed by atoms with Crippen LogP contribution in [0.1, 0.15) is 21.5 Å². The van der Waals surface area contributed by atoms with Crippen LogP contribution in [0.3, 0.4) is 0 Å². The van der Waals surface area contributed by atoms with Gasteiger partial charge >= 0.3 is 0 Å². The van der Waals surface area contributed by atoms with Gasteiger partial charge in [-0.05, 0) is 41.5 Å². The van der Waals surface area contributed by atoms with Crippen molar-refractivity contribution in [1.29, 1.82) is 0 Å². The monoisotopic (exact) mass is 495 g/mol. The molecule has 0 aliphatic carbocycles. The van der Waals surface area contributed by atoms with Gasteiger partial charge in [0.1, 0.15) is 5.82 Å². The molecular formula is C29H29N5O3. The van der Waals surface area contributed by atoms with Crippen molar-refractivity contribution in [1.82, 2.24) is 9.97 Å².